The van der Waals surface area contributed by atoms with Gasteiger partial charge in [-0.25, -0.2) is 0 Å². The van der Waals surface area contributed by atoms with Gasteiger partial charge in [-0.15, -0.1) is 0 Å². The Hall–Kier alpha value is -2.33. The van der Waals surface area contributed by atoms with Crippen molar-refractivity contribution in [2.24, 2.45) is 5.73 Å². The summed E-state index contributed by atoms with van der Waals surface area (Å²) in [6.45, 7) is 2.49. The van der Waals surface area contributed by atoms with E-state index in [0.29, 0.717) is 6.61 Å². The number of aryl methyl sites for hydroxylation is 1. The first kappa shape index (κ1) is 17.5. The van der Waals surface area contributed by atoms with Crippen molar-refractivity contribution < 1.29 is 9.53 Å². The Bertz CT molecular complexity index is 722. The first-order valence-electron chi connectivity index (χ1n) is 8.94. The van der Waals surface area contributed by atoms with E-state index < -0.39 is 5.54 Å². The molecule has 4 heteroatoms. The highest BCUT2D eigenvalue weighted by molar-refractivity contribution is 5.98. The smallest absolute Gasteiger partial charge is 0.244 e. The predicted octanol–water partition coefficient (Wildman–Crippen LogP) is 4.17. The third-order valence-corrected chi connectivity index (χ3v) is 4.89. The van der Waals surface area contributed by atoms with Gasteiger partial charge in [-0.2, -0.15) is 0 Å². The second-order valence-electron chi connectivity index (χ2n) is 6.92. The number of hydrogen-bond acceptors (Lipinski definition) is 3. The fourth-order valence-corrected chi connectivity index (χ4v) is 3.26. The molecule has 1 fully saturated rings. The van der Waals surface area contributed by atoms with E-state index in [9.17, 15) is 4.79 Å². The second-order valence-corrected chi connectivity index (χ2v) is 6.92. The largest absolute Gasteiger partial charge is 0.489 e. The van der Waals surface area contributed by atoms with Gasteiger partial charge in [0.25, 0.3) is 0 Å². The van der Waals surface area contributed by atoms with E-state index in [1.54, 1.807) is 0 Å². The van der Waals surface area contributed by atoms with Crippen LogP contribution in [-0.4, -0.2) is 11.4 Å². The summed E-state index contributed by atoms with van der Waals surface area (Å²) in [4.78, 5) is 12.6. The molecule has 132 valence electrons. The molecule has 0 radical (unpaired) electrons. The maximum Gasteiger partial charge on any atom is 0.244 e. The quantitative estimate of drug-likeness (QED) is 0.860. The molecule has 0 aliphatic heterocycles. The minimum atomic E-state index is -0.729. The molecule has 4 nitrogen and oxygen atoms in total. The lowest BCUT2D eigenvalue weighted by Crippen LogP contribution is -2.52. The highest BCUT2D eigenvalue weighted by Gasteiger charge is 2.35. The van der Waals surface area contributed by atoms with Gasteiger partial charge < -0.3 is 15.8 Å². The van der Waals surface area contributed by atoms with E-state index in [1.165, 1.54) is 6.42 Å². The maximum absolute atomic E-state index is 12.6. The number of ether oxygens (including phenoxy) is 1. The van der Waals surface area contributed by atoms with Crippen LogP contribution >= 0.6 is 0 Å². The van der Waals surface area contributed by atoms with E-state index in [1.807, 2.05) is 55.5 Å². The Morgan fingerprint density at radius 3 is 2.52 bits per heavy atom. The normalized spacial score (nSPS) is 16.2. The number of nitrogens with two attached hydrogens (primary N) is 1. The summed E-state index contributed by atoms with van der Waals surface area (Å²) < 4.78 is 5.83. The van der Waals surface area contributed by atoms with E-state index >= 15 is 0 Å². The summed E-state index contributed by atoms with van der Waals surface area (Å²) in [7, 11) is 0. The van der Waals surface area contributed by atoms with Crippen molar-refractivity contribution in [2.45, 2.75) is 51.2 Å². The molecule has 0 atom stereocenters. The van der Waals surface area contributed by atoms with Crippen LogP contribution in [-0.2, 0) is 11.4 Å². The molecule has 0 bridgehead atoms. The molecule has 3 rings (SSSR count). The standard InChI is InChI=1S/C21H26N2O2/c1-16-14-18(25-15-17-8-4-2-5-9-17)10-11-19(16)23-20(24)21(22)12-6-3-7-13-21/h2,4-5,8-11,14H,3,6-7,12-13,15,22H2,1H3,(H,23,24). The molecule has 2 aromatic carbocycles. The van der Waals surface area contributed by atoms with Crippen molar-refractivity contribution in [3.05, 3.63) is 59.7 Å². The van der Waals surface area contributed by atoms with E-state index in [-0.39, 0.29) is 5.91 Å². The SMILES string of the molecule is Cc1cc(OCc2ccccc2)ccc1NC(=O)C1(N)CCCCC1. The zero-order chi connectivity index (χ0) is 17.7. The van der Waals surface area contributed by atoms with Gasteiger partial charge in [0.05, 0.1) is 5.54 Å². The van der Waals surface area contributed by atoms with Crippen LogP contribution in [0.2, 0.25) is 0 Å². The molecule has 0 unspecified atom stereocenters. The summed E-state index contributed by atoms with van der Waals surface area (Å²) in [5.74, 6) is 0.715. The van der Waals surface area contributed by atoms with Crippen LogP contribution in [0, 0.1) is 6.92 Å². The summed E-state index contributed by atoms with van der Waals surface area (Å²) in [6, 6.07) is 15.8. The van der Waals surface area contributed by atoms with Crippen LogP contribution in [0.4, 0.5) is 5.69 Å². The predicted molar refractivity (Wildman–Crippen MR) is 101 cm³/mol. The van der Waals surface area contributed by atoms with Gasteiger partial charge in [-0.05, 0) is 49.1 Å². The number of nitrogens with one attached hydrogen (secondary N) is 1. The number of benzene rings is 2. The van der Waals surface area contributed by atoms with Crippen LogP contribution in [0.15, 0.2) is 48.5 Å². The number of rotatable bonds is 5. The van der Waals surface area contributed by atoms with Crippen LogP contribution in [0.1, 0.15) is 43.2 Å². The van der Waals surface area contributed by atoms with Gasteiger partial charge in [-0.1, -0.05) is 49.6 Å². The summed E-state index contributed by atoms with van der Waals surface area (Å²) in [5.41, 5.74) is 8.47. The monoisotopic (exact) mass is 338 g/mol. The molecule has 1 amide bonds. The third-order valence-electron chi connectivity index (χ3n) is 4.89. The number of carbonyl (C=O) groups is 1. The summed E-state index contributed by atoms with van der Waals surface area (Å²) >= 11 is 0. The van der Waals surface area contributed by atoms with Gasteiger partial charge >= 0.3 is 0 Å². The van der Waals surface area contributed by atoms with Gasteiger partial charge in [0.1, 0.15) is 12.4 Å². The summed E-state index contributed by atoms with van der Waals surface area (Å²) in [5, 5.41) is 3.00. The highest BCUT2D eigenvalue weighted by Crippen LogP contribution is 2.28. The molecule has 0 saturated heterocycles. The Labute approximate surface area is 149 Å². The molecule has 0 spiro atoms. The zero-order valence-electron chi connectivity index (χ0n) is 14.8. The molecule has 3 N–H and O–H groups in total. The average molecular weight is 338 g/mol. The minimum absolute atomic E-state index is 0.0757. The van der Waals surface area contributed by atoms with Gasteiger partial charge in [0, 0.05) is 5.69 Å². The van der Waals surface area contributed by atoms with Gasteiger partial charge in [0.2, 0.25) is 5.91 Å². The third kappa shape index (κ3) is 4.40. The molecule has 1 aliphatic carbocycles. The summed E-state index contributed by atoms with van der Waals surface area (Å²) in [6.07, 6.45) is 4.73. The molecule has 0 aromatic heterocycles. The molecular formula is C21H26N2O2. The van der Waals surface area contributed by atoms with Crippen molar-refractivity contribution in [1.82, 2.24) is 0 Å². The fraction of sp³-hybridized carbons (Fsp3) is 0.381. The van der Waals surface area contributed by atoms with Crippen LogP contribution in [0.5, 0.6) is 5.75 Å². The Balaban J connectivity index is 1.62. The molecule has 1 aliphatic rings. The average Bonchev–Trinajstić information content (AvgIpc) is 2.63. The van der Waals surface area contributed by atoms with Crippen molar-refractivity contribution in [1.29, 1.82) is 0 Å². The molecule has 0 heterocycles. The number of amides is 1. The van der Waals surface area contributed by atoms with Crippen LogP contribution < -0.4 is 15.8 Å². The molecular weight excluding hydrogens is 312 g/mol. The van der Waals surface area contributed by atoms with E-state index in [4.69, 9.17) is 10.5 Å². The van der Waals surface area contributed by atoms with Crippen LogP contribution in [0.25, 0.3) is 0 Å². The van der Waals surface area contributed by atoms with Crippen LogP contribution in [0.3, 0.4) is 0 Å². The van der Waals surface area contributed by atoms with E-state index in [2.05, 4.69) is 5.32 Å². The lowest BCUT2D eigenvalue weighted by molar-refractivity contribution is -0.122. The minimum Gasteiger partial charge on any atom is -0.489 e. The molecule has 2 aromatic rings. The Kier molecular flexibility index (Phi) is 5.39. The molecule has 1 saturated carbocycles. The fourth-order valence-electron chi connectivity index (χ4n) is 3.26. The number of hydrogen-bond donors (Lipinski definition) is 2. The first-order valence-corrected chi connectivity index (χ1v) is 8.94. The Morgan fingerprint density at radius 2 is 1.84 bits per heavy atom. The lowest BCUT2D eigenvalue weighted by atomic mass is 9.82. The van der Waals surface area contributed by atoms with Gasteiger partial charge in [0.15, 0.2) is 0 Å². The second kappa shape index (κ2) is 7.70. The maximum atomic E-state index is 12.6. The van der Waals surface area contributed by atoms with Crippen molar-refractivity contribution in [2.75, 3.05) is 5.32 Å². The number of carbonyl (C=O) groups excluding carboxylic acids is 1. The van der Waals surface area contributed by atoms with Gasteiger partial charge in [-0.3, -0.25) is 4.79 Å². The topological polar surface area (TPSA) is 64.3 Å². The van der Waals surface area contributed by atoms with E-state index in [0.717, 1.165) is 48.2 Å². The highest BCUT2D eigenvalue weighted by atomic mass is 16.5. The molecule has 25 heavy (non-hydrogen) atoms. The Morgan fingerprint density at radius 1 is 1.12 bits per heavy atom. The van der Waals surface area contributed by atoms with Crippen molar-refractivity contribution in [3.63, 3.8) is 0 Å². The first-order chi connectivity index (χ1) is 12.1. The number of anilines is 1. The lowest BCUT2D eigenvalue weighted by Gasteiger charge is -2.32. The zero-order valence-corrected chi connectivity index (χ0v) is 14.8. The van der Waals surface area contributed by atoms with Crippen molar-refractivity contribution >= 4 is 11.6 Å². The van der Waals surface area contributed by atoms with Crippen molar-refractivity contribution in [3.8, 4) is 5.75 Å².